The van der Waals surface area contributed by atoms with E-state index in [2.05, 4.69) is 4.99 Å². The van der Waals surface area contributed by atoms with Gasteiger partial charge in [-0.2, -0.15) is 10.3 Å². The monoisotopic (exact) mass is 432 g/mol. The van der Waals surface area contributed by atoms with Crippen LogP contribution in [-0.2, 0) is 28.5 Å². The molecule has 1 heterocycles. The third-order valence-corrected chi connectivity index (χ3v) is 5.85. The van der Waals surface area contributed by atoms with Crippen molar-refractivity contribution in [3.8, 4) is 17.2 Å². The van der Waals surface area contributed by atoms with Crippen LogP contribution in [0.2, 0.25) is 0 Å². The van der Waals surface area contributed by atoms with Crippen LogP contribution in [0, 0.1) is 17.1 Å². The van der Waals surface area contributed by atoms with Crippen LogP contribution in [0.5, 0.6) is 0 Å². The molecule has 30 heavy (non-hydrogen) atoms. The molecule has 0 saturated carbocycles. The highest BCUT2D eigenvalue weighted by Gasteiger charge is 2.37. The van der Waals surface area contributed by atoms with E-state index in [-0.39, 0.29) is 24.9 Å². The summed E-state index contributed by atoms with van der Waals surface area (Å²) in [6, 6.07) is 11.4. The predicted molar refractivity (Wildman–Crippen MR) is 110 cm³/mol. The molecule has 0 fully saturated rings. The summed E-state index contributed by atoms with van der Waals surface area (Å²) >= 11 is 0. The fourth-order valence-electron chi connectivity index (χ4n) is 3.05. The van der Waals surface area contributed by atoms with Crippen molar-refractivity contribution < 1.29 is 27.3 Å². The van der Waals surface area contributed by atoms with Gasteiger partial charge in [0.25, 0.3) is 0 Å². The minimum Gasteiger partial charge on any atom is -0.439 e. The van der Waals surface area contributed by atoms with Gasteiger partial charge in [0, 0.05) is 5.56 Å². The summed E-state index contributed by atoms with van der Waals surface area (Å²) in [6.45, 7) is 7.20. The number of ether oxygens (including phenoxy) is 1. The van der Waals surface area contributed by atoms with E-state index in [1.54, 1.807) is 45.9 Å². The van der Waals surface area contributed by atoms with Crippen LogP contribution in [0.1, 0.15) is 38.8 Å². The van der Waals surface area contributed by atoms with Crippen LogP contribution in [0.4, 0.5) is 10.1 Å². The first-order valence-corrected chi connectivity index (χ1v) is 10.9. The standard InChI is InChI=1S/C21H22FN2O5P/c1-5-26-30(25,27-6-2)29-20-24-19-8-7-15(12-18(19)21(3,4)28-20)16-9-14(13-23)10-17(22)11-16/h7-12H,5-6H2,1-4H3. The highest BCUT2D eigenvalue weighted by atomic mass is 31.2. The quantitative estimate of drug-likeness (QED) is 0.535. The number of hydrogen-bond acceptors (Lipinski definition) is 7. The molecule has 0 aliphatic carbocycles. The lowest BCUT2D eigenvalue weighted by Gasteiger charge is -2.32. The number of phosphoric acid groups is 1. The molecule has 0 amide bonds. The van der Waals surface area contributed by atoms with Gasteiger partial charge in [0.2, 0.25) is 0 Å². The Morgan fingerprint density at radius 2 is 1.83 bits per heavy atom. The molecule has 1 aliphatic rings. The second-order valence-corrected chi connectivity index (χ2v) is 8.53. The number of aliphatic imine (C=N–C) groups is 1. The van der Waals surface area contributed by atoms with E-state index in [0.29, 0.717) is 16.8 Å². The van der Waals surface area contributed by atoms with Gasteiger partial charge in [-0.05, 0) is 69.2 Å². The maximum atomic E-state index is 13.9. The van der Waals surface area contributed by atoms with Crippen molar-refractivity contribution in [1.82, 2.24) is 0 Å². The van der Waals surface area contributed by atoms with Crippen LogP contribution < -0.4 is 0 Å². The molecule has 0 atom stereocenters. The molecular weight excluding hydrogens is 410 g/mol. The zero-order valence-corrected chi connectivity index (χ0v) is 18.0. The van der Waals surface area contributed by atoms with Crippen LogP contribution in [0.25, 0.3) is 11.1 Å². The largest absolute Gasteiger partial charge is 0.533 e. The molecule has 0 saturated heterocycles. The predicted octanol–water partition coefficient (Wildman–Crippen LogP) is 5.81. The van der Waals surface area contributed by atoms with Gasteiger partial charge < -0.3 is 9.26 Å². The second-order valence-electron chi connectivity index (χ2n) is 6.94. The molecule has 158 valence electrons. The highest BCUT2D eigenvalue weighted by Crippen LogP contribution is 2.51. The Morgan fingerprint density at radius 1 is 1.13 bits per heavy atom. The molecule has 0 aromatic heterocycles. The zero-order chi connectivity index (χ0) is 21.9. The van der Waals surface area contributed by atoms with Crippen molar-refractivity contribution in [3.63, 3.8) is 0 Å². The fourth-order valence-corrected chi connectivity index (χ4v) is 4.13. The van der Waals surface area contributed by atoms with E-state index in [9.17, 15) is 8.96 Å². The number of rotatable bonds is 6. The van der Waals surface area contributed by atoms with E-state index in [4.69, 9.17) is 23.6 Å². The number of hydrogen-bond donors (Lipinski definition) is 0. The summed E-state index contributed by atoms with van der Waals surface area (Å²) < 4.78 is 47.9. The summed E-state index contributed by atoms with van der Waals surface area (Å²) in [5, 5.41) is 9.10. The topological polar surface area (TPSA) is 90.1 Å². The Hall–Kier alpha value is -2.72. The van der Waals surface area contributed by atoms with Crippen LogP contribution in [0.15, 0.2) is 41.4 Å². The Bertz CT molecular complexity index is 1070. The maximum Gasteiger partial charge on any atom is 0.533 e. The summed E-state index contributed by atoms with van der Waals surface area (Å²) in [6.07, 6.45) is -0.219. The van der Waals surface area contributed by atoms with Crippen LogP contribution in [0.3, 0.4) is 0 Å². The summed E-state index contributed by atoms with van der Waals surface area (Å²) in [4.78, 5) is 4.29. The lowest BCUT2D eigenvalue weighted by atomic mass is 9.91. The van der Waals surface area contributed by atoms with Crippen LogP contribution >= 0.6 is 7.82 Å². The molecule has 3 rings (SSSR count). The molecule has 7 nitrogen and oxygen atoms in total. The Balaban J connectivity index is 1.99. The van der Waals surface area contributed by atoms with Gasteiger partial charge in [-0.15, -0.1) is 0 Å². The normalized spacial score (nSPS) is 14.9. The first-order chi connectivity index (χ1) is 14.2. The average molecular weight is 432 g/mol. The lowest BCUT2D eigenvalue weighted by Crippen LogP contribution is -2.30. The van der Waals surface area contributed by atoms with E-state index in [0.717, 1.165) is 5.56 Å². The highest BCUT2D eigenvalue weighted by molar-refractivity contribution is 7.49. The fraction of sp³-hybridized carbons (Fsp3) is 0.333. The zero-order valence-electron chi connectivity index (χ0n) is 17.1. The van der Waals surface area contributed by atoms with Gasteiger partial charge in [0.05, 0.1) is 30.5 Å². The second kappa shape index (κ2) is 8.57. The SMILES string of the molecule is CCOP(=O)(OCC)OC1=Nc2ccc(-c3cc(F)cc(C#N)c3)cc2C(C)(C)O1. The number of halogens is 1. The number of nitriles is 1. The third kappa shape index (κ3) is 4.71. The third-order valence-electron chi connectivity index (χ3n) is 4.32. The Kier molecular flexibility index (Phi) is 6.27. The van der Waals surface area contributed by atoms with E-state index < -0.39 is 19.2 Å². The van der Waals surface area contributed by atoms with Crippen molar-refractivity contribution in [2.24, 2.45) is 4.99 Å². The van der Waals surface area contributed by atoms with Crippen LogP contribution in [-0.4, -0.2) is 19.3 Å². The first kappa shape index (κ1) is 22.0. The minimum absolute atomic E-state index is 0.131. The van der Waals surface area contributed by atoms with Crippen molar-refractivity contribution in [3.05, 3.63) is 53.3 Å². The Morgan fingerprint density at radius 3 is 2.47 bits per heavy atom. The molecule has 1 aliphatic heterocycles. The number of benzene rings is 2. The minimum atomic E-state index is -3.86. The van der Waals surface area contributed by atoms with E-state index in [1.807, 2.05) is 12.1 Å². The molecule has 0 N–H and O–H groups in total. The van der Waals surface area contributed by atoms with Gasteiger partial charge >= 0.3 is 13.9 Å². The van der Waals surface area contributed by atoms with E-state index in [1.165, 1.54) is 12.1 Å². The lowest BCUT2D eigenvalue weighted by molar-refractivity contribution is 0.0483. The summed E-state index contributed by atoms with van der Waals surface area (Å²) in [5.74, 6) is -0.492. The van der Waals surface area contributed by atoms with E-state index >= 15 is 0 Å². The van der Waals surface area contributed by atoms with Gasteiger partial charge in [-0.25, -0.2) is 8.96 Å². The maximum absolute atomic E-state index is 13.9. The molecule has 2 aromatic rings. The molecule has 9 heteroatoms. The molecular formula is C21H22FN2O5P. The van der Waals surface area contributed by atoms with Crippen molar-refractivity contribution in [2.75, 3.05) is 13.2 Å². The summed E-state index contributed by atoms with van der Waals surface area (Å²) in [7, 11) is -3.86. The Labute approximate surface area is 174 Å². The smallest absolute Gasteiger partial charge is 0.439 e. The average Bonchev–Trinajstić information content (AvgIpc) is 2.67. The number of fused-ring (bicyclic) bond motifs is 1. The van der Waals surface area contributed by atoms with Crippen molar-refractivity contribution in [1.29, 1.82) is 5.26 Å². The number of phosphoric ester groups is 1. The molecule has 0 radical (unpaired) electrons. The van der Waals surface area contributed by atoms with Gasteiger partial charge in [0.1, 0.15) is 11.4 Å². The first-order valence-electron chi connectivity index (χ1n) is 9.41. The number of nitrogens with zero attached hydrogens (tertiary/aromatic N) is 2. The molecule has 0 bridgehead atoms. The van der Waals surface area contributed by atoms with Gasteiger partial charge in [-0.3, -0.25) is 9.05 Å². The van der Waals surface area contributed by atoms with Crippen molar-refractivity contribution >= 4 is 19.6 Å². The molecule has 0 unspecified atom stereocenters. The van der Waals surface area contributed by atoms with Gasteiger partial charge in [-0.1, -0.05) is 6.07 Å². The van der Waals surface area contributed by atoms with Gasteiger partial charge in [0.15, 0.2) is 0 Å². The van der Waals surface area contributed by atoms with Crippen molar-refractivity contribution in [2.45, 2.75) is 33.3 Å². The molecule has 0 spiro atoms. The molecule has 2 aromatic carbocycles. The summed E-state index contributed by atoms with van der Waals surface area (Å²) in [5.41, 5.74) is 1.87.